The minimum absolute atomic E-state index is 0. The largest absolute Gasteiger partial charge is 0.467 e. The molecule has 3 rings (SSSR count). The van der Waals surface area contributed by atoms with Crippen molar-refractivity contribution in [1.82, 2.24) is 9.80 Å². The zero-order valence-corrected chi connectivity index (χ0v) is 15.0. The lowest BCUT2D eigenvalue weighted by Gasteiger charge is -2.35. The number of nitrogens with zero attached hydrogens (tertiary/aromatic N) is 2. The summed E-state index contributed by atoms with van der Waals surface area (Å²) in [6.07, 6.45) is 0.816. The maximum atomic E-state index is 13.9. The smallest absolute Gasteiger partial charge is 0.258 e. The van der Waals surface area contributed by atoms with Crippen molar-refractivity contribution in [3.63, 3.8) is 0 Å². The highest BCUT2D eigenvalue weighted by Gasteiger charge is 2.27. The lowest BCUT2D eigenvalue weighted by molar-refractivity contribution is 0.0483. The van der Waals surface area contributed by atoms with Gasteiger partial charge >= 0.3 is 0 Å². The van der Waals surface area contributed by atoms with Gasteiger partial charge in [0.05, 0.1) is 16.8 Å². The Hall–Kier alpha value is -1.60. The van der Waals surface area contributed by atoms with E-state index in [1.165, 1.54) is 24.5 Å². The van der Waals surface area contributed by atoms with Crippen molar-refractivity contribution in [1.29, 1.82) is 0 Å². The molecule has 136 valence electrons. The van der Waals surface area contributed by atoms with E-state index < -0.39 is 17.8 Å². The van der Waals surface area contributed by atoms with Gasteiger partial charge in [0.25, 0.3) is 5.91 Å². The molecule has 1 aliphatic heterocycles. The van der Waals surface area contributed by atoms with E-state index in [1.807, 2.05) is 4.90 Å². The Balaban J connectivity index is 0.00000225. The van der Waals surface area contributed by atoms with Crippen LogP contribution in [0.15, 0.2) is 41.0 Å². The minimum atomic E-state index is -0.705. The highest BCUT2D eigenvalue weighted by molar-refractivity contribution is 6.33. The molecule has 1 N–H and O–H groups in total. The summed E-state index contributed by atoms with van der Waals surface area (Å²) in [5.41, 5.74) is -0.0803. The molecule has 2 aromatic rings. The van der Waals surface area contributed by atoms with Crippen molar-refractivity contribution in [2.24, 2.45) is 0 Å². The third-order valence-corrected chi connectivity index (χ3v) is 4.45. The van der Waals surface area contributed by atoms with E-state index in [-0.39, 0.29) is 23.0 Å². The van der Waals surface area contributed by atoms with Crippen LogP contribution in [-0.4, -0.2) is 53.5 Å². The van der Waals surface area contributed by atoms with Gasteiger partial charge < -0.3 is 14.4 Å². The number of benzene rings is 1. The Morgan fingerprint density at radius 1 is 1.24 bits per heavy atom. The zero-order valence-electron chi connectivity index (χ0n) is 13.4. The molecule has 1 unspecified atom stereocenters. The Kier molecular flexibility index (Phi) is 6.84. The second-order valence-corrected chi connectivity index (χ2v) is 6.13. The van der Waals surface area contributed by atoms with Crippen LogP contribution in [0.1, 0.15) is 22.2 Å². The van der Waals surface area contributed by atoms with E-state index >= 15 is 0 Å². The fraction of sp³-hybridized carbons (Fsp3) is 0.353. The number of halogens is 3. The topological polar surface area (TPSA) is 56.9 Å². The van der Waals surface area contributed by atoms with Gasteiger partial charge in [-0.1, -0.05) is 17.7 Å². The van der Waals surface area contributed by atoms with Crippen LogP contribution in [-0.2, 0) is 0 Å². The molecular weight excluding hydrogens is 370 g/mol. The molecule has 1 aromatic carbocycles. The molecule has 0 bridgehead atoms. The van der Waals surface area contributed by atoms with E-state index in [0.717, 1.165) is 0 Å². The van der Waals surface area contributed by atoms with Crippen LogP contribution in [0.2, 0.25) is 5.02 Å². The SMILES string of the molecule is Cl.O=C(c1c(F)cccc1Cl)N1CCN(CC(O)c2ccco2)CC1. The average Bonchev–Trinajstić information content (AvgIpc) is 3.10. The standard InChI is InChI=1S/C17H18ClFN2O3.ClH/c18-12-3-1-4-13(19)16(12)17(23)21-8-6-20(7-9-21)11-14(22)15-5-2-10-24-15;/h1-5,10,14,22H,6-9,11H2;1H. The average molecular weight is 389 g/mol. The third-order valence-electron chi connectivity index (χ3n) is 4.14. The molecule has 0 radical (unpaired) electrons. The molecule has 0 aliphatic carbocycles. The zero-order chi connectivity index (χ0) is 17.1. The van der Waals surface area contributed by atoms with Crippen molar-refractivity contribution in [2.45, 2.75) is 6.10 Å². The van der Waals surface area contributed by atoms with Crippen LogP contribution >= 0.6 is 24.0 Å². The summed E-state index contributed by atoms with van der Waals surface area (Å²) in [5, 5.41) is 10.2. The Labute approximate surface area is 156 Å². The number of hydrogen-bond donors (Lipinski definition) is 1. The predicted molar refractivity (Wildman–Crippen MR) is 94.7 cm³/mol. The van der Waals surface area contributed by atoms with Crippen molar-refractivity contribution >= 4 is 29.9 Å². The molecule has 1 aromatic heterocycles. The highest BCUT2D eigenvalue weighted by atomic mass is 35.5. The van der Waals surface area contributed by atoms with Crippen LogP contribution in [0.5, 0.6) is 0 Å². The summed E-state index contributed by atoms with van der Waals surface area (Å²) in [6.45, 7) is 2.52. The number of rotatable bonds is 4. The quantitative estimate of drug-likeness (QED) is 0.874. The molecule has 0 saturated carbocycles. The summed E-state index contributed by atoms with van der Waals surface area (Å²) in [4.78, 5) is 16.1. The van der Waals surface area contributed by atoms with Gasteiger partial charge in [-0.3, -0.25) is 9.69 Å². The number of aliphatic hydroxyl groups is 1. The van der Waals surface area contributed by atoms with Gasteiger partial charge in [0, 0.05) is 32.7 Å². The van der Waals surface area contributed by atoms with Crippen LogP contribution in [0.4, 0.5) is 4.39 Å². The lowest BCUT2D eigenvalue weighted by Crippen LogP contribution is -2.49. The van der Waals surface area contributed by atoms with Crippen LogP contribution in [0, 0.1) is 5.82 Å². The first kappa shape index (κ1) is 19.7. The first-order valence-electron chi connectivity index (χ1n) is 7.73. The van der Waals surface area contributed by atoms with Crippen LogP contribution in [0.3, 0.4) is 0 Å². The molecule has 0 spiro atoms. The van der Waals surface area contributed by atoms with Crippen molar-refractivity contribution in [3.05, 3.63) is 58.8 Å². The van der Waals surface area contributed by atoms with E-state index in [0.29, 0.717) is 38.5 Å². The minimum Gasteiger partial charge on any atom is -0.467 e. The number of aliphatic hydroxyl groups excluding tert-OH is 1. The molecule has 8 heteroatoms. The molecule has 1 saturated heterocycles. The van der Waals surface area contributed by atoms with Gasteiger partial charge in [-0.2, -0.15) is 0 Å². The molecular formula is C17H19Cl2FN2O3. The maximum Gasteiger partial charge on any atom is 0.258 e. The second-order valence-electron chi connectivity index (χ2n) is 5.72. The molecule has 2 heterocycles. The molecule has 1 fully saturated rings. The Bertz CT molecular complexity index is 684. The van der Waals surface area contributed by atoms with Gasteiger partial charge in [0.1, 0.15) is 17.7 Å². The van der Waals surface area contributed by atoms with E-state index in [4.69, 9.17) is 16.0 Å². The summed E-state index contributed by atoms with van der Waals surface area (Å²) < 4.78 is 19.1. The monoisotopic (exact) mass is 388 g/mol. The number of amides is 1. The molecule has 1 aliphatic rings. The third kappa shape index (κ3) is 4.52. The van der Waals surface area contributed by atoms with Crippen molar-refractivity contribution in [3.8, 4) is 0 Å². The fourth-order valence-corrected chi connectivity index (χ4v) is 3.05. The first-order chi connectivity index (χ1) is 11.6. The maximum absolute atomic E-state index is 13.9. The number of piperazine rings is 1. The van der Waals surface area contributed by atoms with Gasteiger partial charge in [0.15, 0.2) is 0 Å². The van der Waals surface area contributed by atoms with Crippen LogP contribution in [0.25, 0.3) is 0 Å². The number of hydrogen-bond acceptors (Lipinski definition) is 4. The van der Waals surface area contributed by atoms with Crippen LogP contribution < -0.4 is 0 Å². The van der Waals surface area contributed by atoms with Crippen molar-refractivity contribution < 1.29 is 18.7 Å². The number of carbonyl (C=O) groups excluding carboxylic acids is 1. The van der Waals surface area contributed by atoms with Gasteiger partial charge in [0.2, 0.25) is 0 Å². The van der Waals surface area contributed by atoms with Crippen molar-refractivity contribution in [2.75, 3.05) is 32.7 Å². The first-order valence-corrected chi connectivity index (χ1v) is 8.11. The summed E-state index contributed by atoms with van der Waals surface area (Å²) in [6, 6.07) is 7.67. The van der Waals surface area contributed by atoms with Gasteiger partial charge in [-0.05, 0) is 24.3 Å². The molecule has 1 amide bonds. The summed E-state index contributed by atoms with van der Waals surface area (Å²) in [5.74, 6) is -0.487. The molecule has 5 nitrogen and oxygen atoms in total. The molecule has 25 heavy (non-hydrogen) atoms. The molecule has 1 atom stereocenters. The second kappa shape index (κ2) is 8.67. The highest BCUT2D eigenvalue weighted by Crippen LogP contribution is 2.22. The van der Waals surface area contributed by atoms with E-state index in [9.17, 15) is 14.3 Å². The number of furan rings is 1. The Morgan fingerprint density at radius 3 is 2.56 bits per heavy atom. The summed E-state index contributed by atoms with van der Waals surface area (Å²) >= 11 is 5.96. The normalized spacial score (nSPS) is 16.4. The predicted octanol–water partition coefficient (Wildman–Crippen LogP) is 2.99. The van der Waals surface area contributed by atoms with E-state index in [2.05, 4.69) is 0 Å². The summed E-state index contributed by atoms with van der Waals surface area (Å²) in [7, 11) is 0. The lowest BCUT2D eigenvalue weighted by atomic mass is 10.1. The van der Waals surface area contributed by atoms with Gasteiger partial charge in [-0.15, -0.1) is 12.4 Å². The number of β-amino-alcohol motifs (C(OH)–C–C–N with tert-alkyl or cyclic N) is 1. The Morgan fingerprint density at radius 2 is 1.96 bits per heavy atom. The van der Waals surface area contributed by atoms with Gasteiger partial charge in [-0.25, -0.2) is 4.39 Å². The fourth-order valence-electron chi connectivity index (χ4n) is 2.81. The van der Waals surface area contributed by atoms with E-state index in [1.54, 1.807) is 17.0 Å². The number of carbonyl (C=O) groups is 1.